The molecule has 3 nitrogen and oxygen atoms in total. The Balaban J connectivity index is 1.20. The van der Waals surface area contributed by atoms with E-state index in [1.165, 1.54) is 79.7 Å². The SMILES string of the molecule is [C-]#[N+]c1ccc2c(N3c4ccccc4C(C)(C)c4ccc5c(sc6ccccc65)c43)cccc2c1N1c2ccccc2C(C)(C)c2ccc3c(sc4ccccc43)c21. The first-order valence-corrected chi connectivity index (χ1v) is 21.5. The van der Waals surface area contributed by atoms with Crippen LogP contribution in [0.1, 0.15) is 49.9 Å². The molecule has 2 aliphatic heterocycles. The normalized spacial score (nSPS) is 15.1. The fourth-order valence-corrected chi connectivity index (χ4v) is 12.7. The Morgan fingerprint density at radius 3 is 1.45 bits per heavy atom. The van der Waals surface area contributed by atoms with Crippen LogP contribution in [0.15, 0.2) is 152 Å². The monoisotopic (exact) mass is 779 g/mol. The predicted octanol–water partition coefficient (Wildman–Crippen LogP) is 16.3. The third kappa shape index (κ3) is 4.31. The van der Waals surface area contributed by atoms with Crippen molar-refractivity contribution in [3.05, 3.63) is 185 Å². The maximum absolute atomic E-state index is 8.70. The van der Waals surface area contributed by atoms with E-state index in [1.54, 1.807) is 0 Å². The smallest absolute Gasteiger partial charge is 0.211 e. The number of hydrogen-bond donors (Lipinski definition) is 0. The summed E-state index contributed by atoms with van der Waals surface area (Å²) in [6.07, 6.45) is 0. The molecule has 0 saturated carbocycles. The zero-order chi connectivity index (χ0) is 39.1. The van der Waals surface area contributed by atoms with Crippen LogP contribution in [0.5, 0.6) is 0 Å². The van der Waals surface area contributed by atoms with Crippen molar-refractivity contribution in [2.75, 3.05) is 9.80 Å². The van der Waals surface area contributed by atoms with Crippen LogP contribution in [0.4, 0.5) is 39.8 Å². The number of thiophene rings is 2. The number of anilines is 6. The molecule has 5 heteroatoms. The zero-order valence-corrected chi connectivity index (χ0v) is 34.2. The van der Waals surface area contributed by atoms with Crippen molar-refractivity contribution in [3.8, 4) is 0 Å². The molecule has 0 saturated heterocycles. The van der Waals surface area contributed by atoms with Gasteiger partial charge in [0, 0.05) is 52.8 Å². The summed E-state index contributed by atoms with van der Waals surface area (Å²) in [5.41, 5.74) is 12.0. The van der Waals surface area contributed by atoms with Crippen LogP contribution in [0.2, 0.25) is 0 Å². The van der Waals surface area contributed by atoms with Crippen molar-refractivity contribution >= 4 is 114 Å². The van der Waals surface area contributed by atoms with Gasteiger partial charge in [0.05, 0.1) is 44.4 Å². The number of para-hydroxylation sites is 2. The summed E-state index contributed by atoms with van der Waals surface area (Å²) in [6, 6.07) is 55.6. The second kappa shape index (κ2) is 11.8. The Kier molecular flexibility index (Phi) is 6.85. The maximum Gasteiger partial charge on any atom is 0.211 e. The van der Waals surface area contributed by atoms with E-state index < -0.39 is 0 Å². The van der Waals surface area contributed by atoms with E-state index in [0.717, 1.165) is 27.8 Å². The third-order valence-corrected chi connectivity index (χ3v) is 15.4. The fraction of sp³-hybridized carbons (Fsp3) is 0.113. The highest BCUT2D eigenvalue weighted by molar-refractivity contribution is 7.26. The Labute approximate surface area is 345 Å². The molecule has 0 bridgehead atoms. The largest absolute Gasteiger partial charge is 0.318 e. The predicted molar refractivity (Wildman–Crippen MR) is 250 cm³/mol. The van der Waals surface area contributed by atoms with Gasteiger partial charge in [0.15, 0.2) is 0 Å². The molecule has 4 heterocycles. The van der Waals surface area contributed by atoms with Crippen molar-refractivity contribution in [3.63, 3.8) is 0 Å². The van der Waals surface area contributed by atoms with Gasteiger partial charge in [-0.3, -0.25) is 0 Å². The van der Waals surface area contributed by atoms with Gasteiger partial charge in [0.2, 0.25) is 5.69 Å². The van der Waals surface area contributed by atoms with Gasteiger partial charge in [0.25, 0.3) is 0 Å². The van der Waals surface area contributed by atoms with Crippen LogP contribution < -0.4 is 9.80 Å². The molecule has 8 aromatic carbocycles. The summed E-state index contributed by atoms with van der Waals surface area (Å²) in [6.45, 7) is 18.1. The van der Waals surface area contributed by atoms with E-state index in [4.69, 9.17) is 6.57 Å². The summed E-state index contributed by atoms with van der Waals surface area (Å²) in [5, 5.41) is 7.26. The van der Waals surface area contributed by atoms with E-state index in [1.807, 2.05) is 22.7 Å². The Morgan fingerprint density at radius 2 is 0.862 bits per heavy atom. The van der Waals surface area contributed by atoms with Crippen LogP contribution in [0.25, 0.3) is 56.0 Å². The second-order valence-corrected chi connectivity index (χ2v) is 18.9. The minimum atomic E-state index is -0.259. The summed E-state index contributed by atoms with van der Waals surface area (Å²) in [5.74, 6) is 0. The summed E-state index contributed by atoms with van der Waals surface area (Å²) >= 11 is 3.74. The molecule has 0 spiro atoms. The van der Waals surface area contributed by atoms with Crippen molar-refractivity contribution in [1.82, 2.24) is 0 Å². The quantitative estimate of drug-likeness (QED) is 0.162. The van der Waals surface area contributed by atoms with Crippen LogP contribution in [0, 0.1) is 6.57 Å². The first-order valence-electron chi connectivity index (χ1n) is 19.9. The molecule has 0 unspecified atom stereocenters. The molecule has 12 rings (SSSR count). The van der Waals surface area contributed by atoms with Gasteiger partial charge in [-0.05, 0) is 58.0 Å². The third-order valence-electron chi connectivity index (χ3n) is 13.0. The van der Waals surface area contributed by atoms with E-state index in [0.29, 0.717) is 5.69 Å². The molecule has 2 aliphatic rings. The lowest BCUT2D eigenvalue weighted by Crippen LogP contribution is -2.31. The van der Waals surface area contributed by atoms with Gasteiger partial charge in [-0.25, -0.2) is 4.85 Å². The van der Waals surface area contributed by atoms with Crippen LogP contribution in [-0.2, 0) is 10.8 Å². The lowest BCUT2D eigenvalue weighted by molar-refractivity contribution is 0.633. The molecule has 0 amide bonds. The van der Waals surface area contributed by atoms with Gasteiger partial charge in [0.1, 0.15) is 0 Å². The van der Waals surface area contributed by atoms with E-state index in [-0.39, 0.29) is 10.8 Å². The summed E-state index contributed by atoms with van der Waals surface area (Å²) in [7, 11) is 0. The molecule has 0 N–H and O–H groups in total. The minimum absolute atomic E-state index is 0.219. The second-order valence-electron chi connectivity index (χ2n) is 16.7. The molecule has 58 heavy (non-hydrogen) atoms. The number of benzene rings is 8. The van der Waals surface area contributed by atoms with Crippen molar-refractivity contribution in [2.45, 2.75) is 38.5 Å². The van der Waals surface area contributed by atoms with Gasteiger partial charge in [-0.2, -0.15) is 0 Å². The summed E-state index contributed by atoms with van der Waals surface area (Å²) in [4.78, 5) is 9.27. The zero-order valence-electron chi connectivity index (χ0n) is 32.6. The average molecular weight is 780 g/mol. The van der Waals surface area contributed by atoms with E-state index >= 15 is 0 Å². The van der Waals surface area contributed by atoms with E-state index in [2.05, 4.69) is 194 Å². The average Bonchev–Trinajstić information content (AvgIpc) is 3.83. The summed E-state index contributed by atoms with van der Waals surface area (Å²) < 4.78 is 5.11. The number of nitrogens with zero attached hydrogens (tertiary/aromatic N) is 3. The minimum Gasteiger partial charge on any atom is -0.318 e. The van der Waals surface area contributed by atoms with E-state index in [9.17, 15) is 0 Å². The van der Waals surface area contributed by atoms with Gasteiger partial charge in [-0.15, -0.1) is 22.7 Å². The van der Waals surface area contributed by atoms with Crippen LogP contribution >= 0.6 is 22.7 Å². The van der Waals surface area contributed by atoms with Crippen molar-refractivity contribution in [2.24, 2.45) is 0 Å². The van der Waals surface area contributed by atoms with Gasteiger partial charge >= 0.3 is 0 Å². The molecule has 0 fully saturated rings. The molecular formula is C53H37N3S2. The fourth-order valence-electron chi connectivity index (χ4n) is 10.2. The lowest BCUT2D eigenvalue weighted by atomic mass is 9.73. The Bertz CT molecular complexity index is 3450. The first kappa shape index (κ1) is 33.7. The molecule has 2 aromatic heterocycles. The topological polar surface area (TPSA) is 10.8 Å². The first-order chi connectivity index (χ1) is 28.3. The highest BCUT2D eigenvalue weighted by atomic mass is 32.1. The molecule has 0 atom stereocenters. The Morgan fingerprint density at radius 1 is 0.397 bits per heavy atom. The maximum atomic E-state index is 8.70. The van der Waals surface area contributed by atoms with Crippen molar-refractivity contribution < 1.29 is 0 Å². The van der Waals surface area contributed by atoms with Gasteiger partial charge < -0.3 is 9.80 Å². The number of fused-ring (bicyclic) bond motifs is 13. The van der Waals surface area contributed by atoms with Gasteiger partial charge in [-0.1, -0.05) is 149 Å². The molecule has 0 aliphatic carbocycles. The van der Waals surface area contributed by atoms with Crippen LogP contribution in [0.3, 0.4) is 0 Å². The highest BCUT2D eigenvalue weighted by Gasteiger charge is 2.41. The molecule has 276 valence electrons. The molecule has 10 aromatic rings. The molecular weight excluding hydrogens is 743 g/mol. The standard InChI is InChI=1S/C53H37N3S2/c1-52(2)37-18-8-10-20-43(37)55(48-39(52)28-25-35-32-15-6-12-23-45(32)57-50(35)48)42-22-14-17-34-31(42)27-30-41(54-5)47(34)56-44-21-11-9-19-38(44)53(3,4)40-29-26-36-33-16-7-13-24-46(33)58-51(36)49(40)56/h6-30H,1-4H3. The number of hydrogen-bond acceptors (Lipinski definition) is 4. The lowest BCUT2D eigenvalue weighted by Gasteiger charge is -2.44. The highest BCUT2D eigenvalue weighted by Crippen LogP contribution is 2.61. The molecule has 0 radical (unpaired) electrons. The van der Waals surface area contributed by atoms with Crippen LogP contribution in [-0.4, -0.2) is 0 Å². The Hall–Kier alpha value is -6.45. The number of rotatable bonds is 2. The van der Waals surface area contributed by atoms with Crippen molar-refractivity contribution in [1.29, 1.82) is 0 Å².